The molecule has 8 nitrogen and oxygen atoms in total. The Kier molecular flexibility index (Phi) is 7.47. The molecule has 4 aromatic rings. The van der Waals surface area contributed by atoms with Gasteiger partial charge in [-0.1, -0.05) is 18.5 Å². The summed E-state index contributed by atoms with van der Waals surface area (Å²) in [6.45, 7) is 10.0. The van der Waals surface area contributed by atoms with E-state index in [-0.39, 0.29) is 51.3 Å². The van der Waals surface area contributed by atoms with Crippen LogP contribution in [0.1, 0.15) is 37.9 Å². The molecule has 2 fully saturated rings. The normalized spacial score (nSPS) is 23.4. The number of hydrogen-bond acceptors (Lipinski definition) is 7. The molecule has 2 saturated heterocycles. The molecule has 0 amide bonds. The molecule has 42 heavy (non-hydrogen) atoms. The van der Waals surface area contributed by atoms with Gasteiger partial charge in [0.15, 0.2) is 5.82 Å². The van der Waals surface area contributed by atoms with Gasteiger partial charge in [-0.2, -0.15) is 15.1 Å². The van der Waals surface area contributed by atoms with Crippen LogP contribution in [-0.2, 0) is 0 Å². The van der Waals surface area contributed by atoms with Crippen molar-refractivity contribution >= 4 is 39.2 Å². The van der Waals surface area contributed by atoms with Crippen molar-refractivity contribution in [2.45, 2.75) is 58.3 Å². The van der Waals surface area contributed by atoms with Crippen LogP contribution in [0.3, 0.4) is 0 Å². The van der Waals surface area contributed by atoms with E-state index in [9.17, 15) is 4.39 Å². The molecule has 4 heterocycles. The molecule has 3 atom stereocenters. The third kappa shape index (κ3) is 4.95. The first-order valence-electron chi connectivity index (χ1n) is 14.3. The van der Waals surface area contributed by atoms with Gasteiger partial charge in [0.2, 0.25) is 0 Å². The zero-order valence-electron chi connectivity index (χ0n) is 24.4. The molecule has 2 aliphatic heterocycles. The van der Waals surface area contributed by atoms with Gasteiger partial charge in [-0.15, -0.1) is 0 Å². The Morgan fingerprint density at radius 2 is 1.98 bits per heavy atom. The second kappa shape index (κ2) is 10.8. The Bertz CT molecular complexity index is 1680. The van der Waals surface area contributed by atoms with Gasteiger partial charge < -0.3 is 15.0 Å². The first-order chi connectivity index (χ1) is 20.0. The molecule has 6 rings (SSSR count). The number of nitrogens with zero attached hydrogens (tertiary/aromatic N) is 5. The number of hydrogen-bond donors (Lipinski definition) is 2. The molecule has 1 unspecified atom stereocenters. The van der Waals surface area contributed by atoms with Gasteiger partial charge in [0, 0.05) is 54.1 Å². The molecule has 12 heteroatoms. The number of likely N-dealkylation sites (tertiary alicyclic amines) is 1. The zero-order chi connectivity index (χ0) is 29.9. The summed E-state index contributed by atoms with van der Waals surface area (Å²) in [6, 6.07) is 2.89. The van der Waals surface area contributed by atoms with Crippen LogP contribution in [0, 0.1) is 25.5 Å². The van der Waals surface area contributed by atoms with Gasteiger partial charge >= 0.3 is 6.01 Å². The highest BCUT2D eigenvalue weighted by Crippen LogP contribution is 2.43. The second-order valence-electron chi connectivity index (χ2n) is 11.9. The van der Waals surface area contributed by atoms with Gasteiger partial charge in [-0.25, -0.2) is 13.2 Å². The van der Waals surface area contributed by atoms with Crippen molar-refractivity contribution in [3.8, 4) is 17.1 Å². The lowest BCUT2D eigenvalue weighted by atomic mass is 9.94. The smallest absolute Gasteiger partial charge is 0.319 e. The summed E-state index contributed by atoms with van der Waals surface area (Å²) < 4.78 is 52.9. The molecule has 0 spiro atoms. The fraction of sp³-hybridized carbons (Fsp3) is 0.500. The predicted molar refractivity (Wildman–Crippen MR) is 159 cm³/mol. The first kappa shape index (κ1) is 28.9. The van der Waals surface area contributed by atoms with E-state index >= 15 is 8.78 Å². The predicted octanol–water partition coefficient (Wildman–Crippen LogP) is 5.72. The second-order valence-corrected chi connectivity index (χ2v) is 12.3. The summed E-state index contributed by atoms with van der Waals surface area (Å²) in [4.78, 5) is 13.1. The highest BCUT2D eigenvalue weighted by Gasteiger charge is 2.33. The van der Waals surface area contributed by atoms with Crippen molar-refractivity contribution in [2.75, 3.05) is 44.7 Å². The standard InChI is InChI=1S/C30H35ClF3N7O/c1-6-30(4)14-41(8-7-35-30)28-19-11-20(33)23(24-22-16(3)38-39-21(22)9-15(2)25(24)31)26(34)27(19)36-29(37-28)42-13-18-10-17(32)12-40(18)5/h9,11,17-18,35H,6-8,10,12-14H2,1-5H3,(H,38,39)/t17-,18+,30?/m1/s1. The first-order valence-corrected chi connectivity index (χ1v) is 14.7. The summed E-state index contributed by atoms with van der Waals surface area (Å²) in [5, 5.41) is 11.7. The minimum absolute atomic E-state index is 0.0404. The van der Waals surface area contributed by atoms with Crippen LogP contribution in [0.15, 0.2) is 12.1 Å². The highest BCUT2D eigenvalue weighted by molar-refractivity contribution is 6.36. The highest BCUT2D eigenvalue weighted by atomic mass is 35.5. The summed E-state index contributed by atoms with van der Waals surface area (Å²) in [5.74, 6) is -1.24. The third-order valence-electron chi connectivity index (χ3n) is 8.84. The fourth-order valence-electron chi connectivity index (χ4n) is 6.23. The van der Waals surface area contributed by atoms with E-state index in [2.05, 4.69) is 39.3 Å². The van der Waals surface area contributed by atoms with Gasteiger partial charge in [0.1, 0.15) is 29.9 Å². The fourth-order valence-corrected chi connectivity index (χ4v) is 6.47. The van der Waals surface area contributed by atoms with E-state index in [1.54, 1.807) is 19.9 Å². The number of rotatable bonds is 6. The number of nitrogens with one attached hydrogen (secondary N) is 2. The number of H-pyrrole nitrogens is 1. The third-order valence-corrected chi connectivity index (χ3v) is 9.33. The summed E-state index contributed by atoms with van der Waals surface area (Å²) >= 11 is 6.73. The topological polar surface area (TPSA) is 82.2 Å². The number of aromatic amines is 1. The van der Waals surface area contributed by atoms with Crippen molar-refractivity contribution in [1.82, 2.24) is 30.4 Å². The Hall–Kier alpha value is -3.15. The molecule has 2 aromatic carbocycles. The number of anilines is 1. The lowest BCUT2D eigenvalue weighted by molar-refractivity contribution is 0.188. The molecule has 2 aromatic heterocycles. The maximum atomic E-state index is 16.7. The van der Waals surface area contributed by atoms with E-state index in [4.69, 9.17) is 16.3 Å². The summed E-state index contributed by atoms with van der Waals surface area (Å²) in [7, 11) is 1.84. The number of halogens is 4. The number of aryl methyl sites for hydroxylation is 2. The molecule has 0 bridgehead atoms. The van der Waals surface area contributed by atoms with Crippen LogP contribution >= 0.6 is 11.6 Å². The Morgan fingerprint density at radius 3 is 2.69 bits per heavy atom. The number of piperazine rings is 1. The van der Waals surface area contributed by atoms with Crippen LogP contribution in [0.4, 0.5) is 19.0 Å². The maximum Gasteiger partial charge on any atom is 0.319 e. The van der Waals surface area contributed by atoms with Crippen LogP contribution in [0.5, 0.6) is 6.01 Å². The minimum Gasteiger partial charge on any atom is -0.462 e. The number of aromatic nitrogens is 4. The number of fused-ring (bicyclic) bond motifs is 2. The number of ether oxygens (including phenoxy) is 1. The van der Waals surface area contributed by atoms with Gasteiger partial charge in [0.25, 0.3) is 0 Å². The van der Waals surface area contributed by atoms with Crippen LogP contribution in [-0.4, -0.2) is 82.7 Å². The Balaban J connectivity index is 1.54. The lowest BCUT2D eigenvalue weighted by Crippen LogP contribution is -2.58. The van der Waals surface area contributed by atoms with Crippen LogP contribution in [0.25, 0.3) is 32.9 Å². The number of alkyl halides is 1. The summed E-state index contributed by atoms with van der Waals surface area (Å²) in [5.41, 5.74) is 1.51. The van der Waals surface area contributed by atoms with Crippen molar-refractivity contribution in [1.29, 1.82) is 0 Å². The average Bonchev–Trinajstić information content (AvgIpc) is 3.48. The van der Waals surface area contributed by atoms with Crippen molar-refractivity contribution in [2.24, 2.45) is 0 Å². The zero-order valence-corrected chi connectivity index (χ0v) is 25.2. The van der Waals surface area contributed by atoms with Crippen molar-refractivity contribution in [3.63, 3.8) is 0 Å². The van der Waals surface area contributed by atoms with E-state index in [0.717, 1.165) is 6.42 Å². The Morgan fingerprint density at radius 1 is 1.19 bits per heavy atom. The minimum atomic E-state index is -0.936. The Labute approximate surface area is 247 Å². The number of benzene rings is 2. The number of likely N-dealkylation sites (N-methyl/N-ethyl adjacent to an activating group) is 1. The van der Waals surface area contributed by atoms with Crippen molar-refractivity contribution < 1.29 is 17.9 Å². The molecule has 2 aliphatic rings. The van der Waals surface area contributed by atoms with E-state index in [1.807, 2.05) is 16.8 Å². The molecule has 0 radical (unpaired) electrons. The maximum absolute atomic E-state index is 16.7. The van der Waals surface area contributed by atoms with E-state index < -0.39 is 17.8 Å². The van der Waals surface area contributed by atoms with E-state index in [1.165, 1.54) is 6.07 Å². The van der Waals surface area contributed by atoms with E-state index in [0.29, 0.717) is 60.6 Å². The lowest BCUT2D eigenvalue weighted by Gasteiger charge is -2.42. The molecule has 0 aliphatic carbocycles. The van der Waals surface area contributed by atoms with Gasteiger partial charge in [-0.05, 0) is 58.4 Å². The average molecular weight is 602 g/mol. The molecular weight excluding hydrogens is 567 g/mol. The molecule has 2 N–H and O–H groups in total. The molecule has 0 saturated carbocycles. The SMILES string of the molecule is CCC1(C)CN(c2nc(OC[C@@H]3C[C@@H](F)CN3C)nc3c(F)c(-c4c(Cl)c(C)cc5[nH]nc(C)c45)c(F)cc23)CCN1. The van der Waals surface area contributed by atoms with Gasteiger partial charge in [-0.3, -0.25) is 10.00 Å². The quantitative estimate of drug-likeness (QED) is 0.292. The van der Waals surface area contributed by atoms with Crippen LogP contribution in [0.2, 0.25) is 5.02 Å². The van der Waals surface area contributed by atoms with Crippen molar-refractivity contribution in [3.05, 3.63) is 40.0 Å². The molecular formula is C30H35ClF3N7O. The van der Waals surface area contributed by atoms with Crippen LogP contribution < -0.4 is 15.0 Å². The summed E-state index contributed by atoms with van der Waals surface area (Å²) in [6.07, 6.45) is 0.251. The monoisotopic (exact) mass is 601 g/mol. The molecule has 224 valence electrons. The van der Waals surface area contributed by atoms with Gasteiger partial charge in [0.05, 0.1) is 21.8 Å². The largest absolute Gasteiger partial charge is 0.462 e.